The predicted octanol–water partition coefficient (Wildman–Crippen LogP) is 2.97. The highest BCUT2D eigenvalue weighted by Gasteiger charge is 2.33. The van der Waals surface area contributed by atoms with Gasteiger partial charge in [0.15, 0.2) is 15.5 Å². The Labute approximate surface area is 175 Å². The summed E-state index contributed by atoms with van der Waals surface area (Å²) in [5.41, 5.74) is 4.56. The minimum atomic E-state index is -3.07. The first-order valence-corrected chi connectivity index (χ1v) is 12.1. The fourth-order valence-electron chi connectivity index (χ4n) is 4.08. The number of pyridine rings is 1. The van der Waals surface area contributed by atoms with E-state index in [2.05, 4.69) is 10.4 Å². The Balaban J connectivity index is 1.70. The van der Waals surface area contributed by atoms with Crippen molar-refractivity contribution in [1.82, 2.24) is 20.1 Å². The van der Waals surface area contributed by atoms with Crippen molar-refractivity contribution in [2.45, 2.75) is 45.2 Å². The molecule has 0 bridgehead atoms. The first kappa shape index (κ1) is 19.2. The van der Waals surface area contributed by atoms with E-state index in [0.717, 1.165) is 24.0 Å². The standard InChI is InChI=1S/C22H24N4O3S/c1-13-3-5-15(6-4-13)19-11-18(22(27)23-16-7-8-16)20-14(2)25-26(21(20)24-19)17-9-10-30(28,29)12-17/h3-6,11,16-17H,7-10,12H2,1-2H3,(H,23,27)/t17-/m1/s1. The zero-order chi connectivity index (χ0) is 21.0. The number of aryl methyl sites for hydroxylation is 2. The second-order valence-electron chi connectivity index (χ2n) is 8.45. The molecule has 1 N–H and O–H groups in total. The highest BCUT2D eigenvalue weighted by molar-refractivity contribution is 7.91. The van der Waals surface area contributed by atoms with Crippen LogP contribution in [0.1, 0.15) is 46.9 Å². The second kappa shape index (κ2) is 6.91. The summed E-state index contributed by atoms with van der Waals surface area (Å²) in [5.74, 6) is 0.0912. The van der Waals surface area contributed by atoms with E-state index in [9.17, 15) is 13.2 Å². The lowest BCUT2D eigenvalue weighted by Crippen LogP contribution is -2.25. The fraction of sp³-hybridized carbons (Fsp3) is 0.409. The lowest BCUT2D eigenvalue weighted by molar-refractivity contribution is 0.0952. The number of hydrogen-bond donors (Lipinski definition) is 1. The summed E-state index contributed by atoms with van der Waals surface area (Å²) in [7, 11) is -3.07. The van der Waals surface area contributed by atoms with Gasteiger partial charge in [-0.05, 0) is 39.2 Å². The van der Waals surface area contributed by atoms with Gasteiger partial charge in [-0.3, -0.25) is 4.79 Å². The SMILES string of the molecule is Cc1ccc(-c2cc(C(=O)NC3CC3)c3c(C)nn([C@@H]4CCS(=O)(=O)C4)c3n2)cc1. The van der Waals surface area contributed by atoms with Crippen LogP contribution in [0.15, 0.2) is 30.3 Å². The van der Waals surface area contributed by atoms with Crippen molar-refractivity contribution in [3.05, 3.63) is 47.2 Å². The summed E-state index contributed by atoms with van der Waals surface area (Å²) < 4.78 is 25.8. The van der Waals surface area contributed by atoms with Crippen molar-refractivity contribution in [3.8, 4) is 11.3 Å². The molecule has 1 saturated heterocycles. The minimum Gasteiger partial charge on any atom is -0.349 e. The van der Waals surface area contributed by atoms with Gasteiger partial charge in [0, 0.05) is 11.6 Å². The molecule has 2 aromatic heterocycles. The Bertz CT molecular complexity index is 1260. The smallest absolute Gasteiger partial charge is 0.252 e. The third kappa shape index (κ3) is 3.49. The van der Waals surface area contributed by atoms with Crippen LogP contribution in [0.5, 0.6) is 0 Å². The Morgan fingerprint density at radius 2 is 1.87 bits per heavy atom. The van der Waals surface area contributed by atoms with Gasteiger partial charge < -0.3 is 5.32 Å². The van der Waals surface area contributed by atoms with Crippen LogP contribution in [-0.4, -0.2) is 46.6 Å². The van der Waals surface area contributed by atoms with Crippen LogP contribution in [0.2, 0.25) is 0 Å². The summed E-state index contributed by atoms with van der Waals surface area (Å²) in [6.45, 7) is 3.87. The number of benzene rings is 1. The average molecular weight is 425 g/mol. The molecule has 1 aliphatic heterocycles. The van der Waals surface area contributed by atoms with E-state index in [-0.39, 0.29) is 29.5 Å². The number of fused-ring (bicyclic) bond motifs is 1. The number of nitrogens with zero attached hydrogens (tertiary/aromatic N) is 3. The zero-order valence-corrected chi connectivity index (χ0v) is 17.9. The van der Waals surface area contributed by atoms with Crippen LogP contribution in [0.3, 0.4) is 0 Å². The number of amides is 1. The Morgan fingerprint density at radius 3 is 2.50 bits per heavy atom. The first-order valence-electron chi connectivity index (χ1n) is 10.3. The maximum atomic E-state index is 13.1. The quantitative estimate of drug-likeness (QED) is 0.695. The Morgan fingerprint density at radius 1 is 1.13 bits per heavy atom. The third-order valence-electron chi connectivity index (χ3n) is 5.90. The van der Waals surface area contributed by atoms with Gasteiger partial charge in [0.2, 0.25) is 0 Å². The molecule has 3 aromatic rings. The highest BCUT2D eigenvalue weighted by atomic mass is 32.2. The van der Waals surface area contributed by atoms with Crippen LogP contribution < -0.4 is 5.32 Å². The molecule has 7 nitrogen and oxygen atoms in total. The van der Waals surface area contributed by atoms with Gasteiger partial charge in [0.05, 0.1) is 39.9 Å². The predicted molar refractivity (Wildman–Crippen MR) is 115 cm³/mol. The molecular weight excluding hydrogens is 400 g/mol. The number of hydrogen-bond acceptors (Lipinski definition) is 5. The molecule has 156 valence electrons. The molecule has 1 amide bonds. The van der Waals surface area contributed by atoms with E-state index in [1.165, 1.54) is 0 Å². The topological polar surface area (TPSA) is 94.0 Å². The van der Waals surface area contributed by atoms with Crippen LogP contribution >= 0.6 is 0 Å². The van der Waals surface area contributed by atoms with Gasteiger partial charge in [-0.1, -0.05) is 29.8 Å². The van der Waals surface area contributed by atoms with Crippen LogP contribution in [0.25, 0.3) is 22.3 Å². The van der Waals surface area contributed by atoms with Gasteiger partial charge in [-0.15, -0.1) is 0 Å². The molecule has 3 heterocycles. The summed E-state index contributed by atoms with van der Waals surface area (Å²) in [6.07, 6.45) is 2.52. The molecule has 1 atom stereocenters. The fourth-order valence-corrected chi connectivity index (χ4v) is 5.77. The number of rotatable bonds is 4. The van der Waals surface area contributed by atoms with E-state index >= 15 is 0 Å². The molecule has 1 aliphatic carbocycles. The molecule has 5 rings (SSSR count). The van der Waals surface area contributed by atoms with E-state index < -0.39 is 9.84 Å². The maximum absolute atomic E-state index is 13.1. The molecule has 1 saturated carbocycles. The van der Waals surface area contributed by atoms with Crippen molar-refractivity contribution in [3.63, 3.8) is 0 Å². The monoisotopic (exact) mass is 424 g/mol. The Kier molecular flexibility index (Phi) is 4.43. The van der Waals surface area contributed by atoms with Gasteiger partial charge in [0.1, 0.15) is 0 Å². The van der Waals surface area contributed by atoms with Crippen LogP contribution in [0, 0.1) is 13.8 Å². The number of carbonyl (C=O) groups is 1. The van der Waals surface area contributed by atoms with Crippen molar-refractivity contribution in [1.29, 1.82) is 0 Å². The van der Waals surface area contributed by atoms with E-state index in [1.807, 2.05) is 44.2 Å². The largest absolute Gasteiger partial charge is 0.349 e. The summed E-state index contributed by atoms with van der Waals surface area (Å²) in [5, 5.41) is 8.41. The zero-order valence-electron chi connectivity index (χ0n) is 17.1. The number of nitrogens with one attached hydrogen (secondary N) is 1. The van der Waals surface area contributed by atoms with Gasteiger partial charge in [-0.25, -0.2) is 18.1 Å². The lowest BCUT2D eigenvalue weighted by atomic mass is 10.0. The van der Waals surface area contributed by atoms with Gasteiger partial charge in [-0.2, -0.15) is 5.10 Å². The molecule has 8 heteroatoms. The van der Waals surface area contributed by atoms with Crippen molar-refractivity contribution >= 4 is 26.8 Å². The molecule has 0 radical (unpaired) electrons. The maximum Gasteiger partial charge on any atom is 0.252 e. The van der Waals surface area contributed by atoms with Crippen molar-refractivity contribution in [2.75, 3.05) is 11.5 Å². The lowest BCUT2D eigenvalue weighted by Gasteiger charge is -2.12. The van der Waals surface area contributed by atoms with Crippen LogP contribution in [-0.2, 0) is 9.84 Å². The van der Waals surface area contributed by atoms with E-state index in [4.69, 9.17) is 4.98 Å². The van der Waals surface area contributed by atoms with E-state index in [1.54, 1.807) is 4.68 Å². The molecule has 2 aliphatic rings. The summed E-state index contributed by atoms with van der Waals surface area (Å²) in [6, 6.07) is 9.80. The normalized spacial score (nSPS) is 20.5. The summed E-state index contributed by atoms with van der Waals surface area (Å²) >= 11 is 0. The van der Waals surface area contributed by atoms with Crippen molar-refractivity contribution in [2.24, 2.45) is 0 Å². The molecule has 2 fully saturated rings. The molecule has 0 unspecified atom stereocenters. The number of sulfone groups is 1. The molecular formula is C22H24N4O3S. The summed E-state index contributed by atoms with van der Waals surface area (Å²) in [4.78, 5) is 17.9. The first-order chi connectivity index (χ1) is 14.3. The average Bonchev–Trinajstić information content (AvgIpc) is 3.36. The number of carbonyl (C=O) groups excluding carboxylic acids is 1. The molecule has 30 heavy (non-hydrogen) atoms. The highest BCUT2D eigenvalue weighted by Crippen LogP contribution is 2.32. The molecule has 1 aromatic carbocycles. The van der Waals surface area contributed by atoms with Gasteiger partial charge >= 0.3 is 0 Å². The van der Waals surface area contributed by atoms with Crippen LogP contribution in [0.4, 0.5) is 0 Å². The second-order valence-corrected chi connectivity index (χ2v) is 10.7. The van der Waals surface area contributed by atoms with Gasteiger partial charge in [0.25, 0.3) is 5.91 Å². The Hall–Kier alpha value is -2.74. The van der Waals surface area contributed by atoms with Crippen molar-refractivity contribution < 1.29 is 13.2 Å². The van der Waals surface area contributed by atoms with E-state index in [0.29, 0.717) is 34.4 Å². The molecule has 0 spiro atoms. The number of aromatic nitrogens is 3. The third-order valence-corrected chi connectivity index (χ3v) is 7.65. The minimum absolute atomic E-state index is 0.0588.